The summed E-state index contributed by atoms with van der Waals surface area (Å²) in [4.78, 5) is 4.74. The summed E-state index contributed by atoms with van der Waals surface area (Å²) in [5, 5.41) is 7.12. The molecule has 1 spiro atoms. The highest BCUT2D eigenvalue weighted by molar-refractivity contribution is 14.0. The molecule has 2 N–H and O–H groups in total. The molecule has 2 aliphatic carbocycles. The van der Waals surface area contributed by atoms with Gasteiger partial charge in [-0.25, -0.2) is 0 Å². The molecule has 3 unspecified atom stereocenters. The third-order valence-electron chi connectivity index (χ3n) is 5.88. The van der Waals surface area contributed by atoms with Crippen molar-refractivity contribution in [1.29, 1.82) is 0 Å². The number of hydrogen-bond donors (Lipinski definition) is 2. The Morgan fingerprint density at radius 3 is 2.96 bits per heavy atom. The molecule has 5 nitrogen and oxygen atoms in total. The highest BCUT2D eigenvalue weighted by Crippen LogP contribution is 2.62. The monoisotopic (exact) mass is 445 g/mol. The Labute approximate surface area is 161 Å². The zero-order valence-corrected chi connectivity index (χ0v) is 16.6. The number of rotatable bonds is 5. The molecule has 4 rings (SSSR count). The van der Waals surface area contributed by atoms with Crippen LogP contribution in [-0.2, 0) is 11.2 Å². The van der Waals surface area contributed by atoms with Crippen LogP contribution in [0.25, 0.3) is 0 Å². The van der Waals surface area contributed by atoms with Crippen molar-refractivity contribution in [2.24, 2.45) is 16.3 Å². The quantitative estimate of drug-likeness (QED) is 0.416. The van der Waals surface area contributed by atoms with Gasteiger partial charge in [-0.1, -0.05) is 6.42 Å². The molecular formula is C18H28IN3O2. The SMILES string of the molecule is CCNC(=NCCc1ccco1)NC1C2CCOC2C12CCC2.I. The van der Waals surface area contributed by atoms with Gasteiger partial charge < -0.3 is 19.8 Å². The number of hydrogen-bond acceptors (Lipinski definition) is 3. The zero-order chi connectivity index (χ0) is 15.7. The first kappa shape index (κ1) is 18.0. The maximum Gasteiger partial charge on any atom is 0.191 e. The number of nitrogens with zero attached hydrogens (tertiary/aromatic N) is 1. The smallest absolute Gasteiger partial charge is 0.191 e. The van der Waals surface area contributed by atoms with Gasteiger partial charge in [-0.2, -0.15) is 0 Å². The topological polar surface area (TPSA) is 58.8 Å². The van der Waals surface area contributed by atoms with Crippen LogP contribution in [0.2, 0.25) is 0 Å². The van der Waals surface area contributed by atoms with E-state index in [0.717, 1.165) is 37.8 Å². The van der Waals surface area contributed by atoms with Gasteiger partial charge in [-0.05, 0) is 38.3 Å². The van der Waals surface area contributed by atoms with Gasteiger partial charge in [0.2, 0.25) is 0 Å². The Morgan fingerprint density at radius 1 is 1.42 bits per heavy atom. The molecule has 3 fully saturated rings. The molecule has 3 aliphatic rings. The number of fused-ring (bicyclic) bond motifs is 2. The van der Waals surface area contributed by atoms with Crippen LogP contribution >= 0.6 is 24.0 Å². The van der Waals surface area contributed by atoms with E-state index in [1.807, 2.05) is 12.1 Å². The maximum atomic E-state index is 6.00. The number of halogens is 1. The maximum absolute atomic E-state index is 6.00. The minimum atomic E-state index is 0. The van der Waals surface area contributed by atoms with Crippen LogP contribution in [0, 0.1) is 11.3 Å². The van der Waals surface area contributed by atoms with Crippen LogP contribution in [0.5, 0.6) is 0 Å². The van der Waals surface area contributed by atoms with Crippen molar-refractivity contribution in [3.63, 3.8) is 0 Å². The van der Waals surface area contributed by atoms with Gasteiger partial charge in [0.05, 0.1) is 12.4 Å². The molecule has 0 radical (unpaired) electrons. The minimum absolute atomic E-state index is 0. The van der Waals surface area contributed by atoms with Gasteiger partial charge in [0.25, 0.3) is 0 Å². The third-order valence-corrected chi connectivity index (χ3v) is 5.88. The molecule has 1 aromatic heterocycles. The Kier molecular flexibility index (Phi) is 5.74. The molecule has 134 valence electrons. The lowest BCUT2D eigenvalue weighted by Crippen LogP contribution is -2.72. The van der Waals surface area contributed by atoms with E-state index in [9.17, 15) is 0 Å². The second-order valence-corrected chi connectivity index (χ2v) is 7.04. The molecule has 0 aromatic carbocycles. The summed E-state index contributed by atoms with van der Waals surface area (Å²) in [6, 6.07) is 4.47. The number of aliphatic imine (C=N–C) groups is 1. The standard InChI is InChI=1S/C18H27N3O2.HI/c1-2-19-17(20-10-6-13-5-3-11-22-13)21-15-14-7-12-23-16(14)18(15)8-4-9-18;/h3,5,11,14-16H,2,4,6-10,12H2,1H3,(H2,19,20,21);1H. The van der Waals surface area contributed by atoms with E-state index < -0.39 is 0 Å². The van der Waals surface area contributed by atoms with Gasteiger partial charge in [0.15, 0.2) is 5.96 Å². The second kappa shape index (κ2) is 7.64. The van der Waals surface area contributed by atoms with Crippen molar-refractivity contribution in [1.82, 2.24) is 10.6 Å². The number of guanidine groups is 1. The van der Waals surface area contributed by atoms with Gasteiger partial charge in [-0.15, -0.1) is 24.0 Å². The van der Waals surface area contributed by atoms with Crippen molar-refractivity contribution >= 4 is 29.9 Å². The van der Waals surface area contributed by atoms with Crippen molar-refractivity contribution in [2.45, 2.75) is 51.2 Å². The first-order valence-corrected chi connectivity index (χ1v) is 9.02. The molecule has 3 atom stereocenters. The Hall–Kier alpha value is -0.760. The molecule has 6 heteroatoms. The lowest BCUT2D eigenvalue weighted by Gasteiger charge is -2.63. The Balaban J connectivity index is 0.00000169. The van der Waals surface area contributed by atoms with E-state index >= 15 is 0 Å². The number of furan rings is 1. The fourth-order valence-electron chi connectivity index (χ4n) is 4.66. The third kappa shape index (κ3) is 3.07. The highest BCUT2D eigenvalue weighted by Gasteiger charge is 2.66. The molecule has 1 aromatic rings. The Morgan fingerprint density at radius 2 is 2.29 bits per heavy atom. The molecule has 0 amide bonds. The lowest BCUT2D eigenvalue weighted by atomic mass is 9.46. The lowest BCUT2D eigenvalue weighted by molar-refractivity contribution is -0.171. The zero-order valence-electron chi connectivity index (χ0n) is 14.3. The molecular weight excluding hydrogens is 417 g/mol. The molecule has 2 saturated carbocycles. The molecule has 0 bridgehead atoms. The number of nitrogens with one attached hydrogen (secondary N) is 2. The summed E-state index contributed by atoms with van der Waals surface area (Å²) in [5.41, 5.74) is 0.387. The average molecular weight is 445 g/mol. The van der Waals surface area contributed by atoms with Crippen LogP contribution < -0.4 is 10.6 Å². The fraction of sp³-hybridized carbons (Fsp3) is 0.722. The molecule has 1 saturated heterocycles. The van der Waals surface area contributed by atoms with E-state index in [0.29, 0.717) is 23.5 Å². The van der Waals surface area contributed by atoms with E-state index in [4.69, 9.17) is 14.1 Å². The predicted molar refractivity (Wildman–Crippen MR) is 105 cm³/mol. The largest absolute Gasteiger partial charge is 0.469 e. The highest BCUT2D eigenvalue weighted by atomic mass is 127. The van der Waals surface area contributed by atoms with Crippen LogP contribution in [0.4, 0.5) is 0 Å². The first-order chi connectivity index (χ1) is 11.3. The van der Waals surface area contributed by atoms with Crippen molar-refractivity contribution in [2.75, 3.05) is 19.7 Å². The summed E-state index contributed by atoms with van der Waals surface area (Å²) in [6.45, 7) is 4.68. The van der Waals surface area contributed by atoms with Gasteiger partial charge in [0.1, 0.15) is 5.76 Å². The summed E-state index contributed by atoms with van der Waals surface area (Å²) in [7, 11) is 0. The summed E-state index contributed by atoms with van der Waals surface area (Å²) >= 11 is 0. The van der Waals surface area contributed by atoms with Gasteiger partial charge in [0, 0.05) is 43.5 Å². The van der Waals surface area contributed by atoms with E-state index in [1.165, 1.54) is 25.7 Å². The van der Waals surface area contributed by atoms with Crippen molar-refractivity contribution in [3.05, 3.63) is 24.2 Å². The van der Waals surface area contributed by atoms with Crippen molar-refractivity contribution < 1.29 is 9.15 Å². The molecule has 1 aliphatic heterocycles. The van der Waals surface area contributed by atoms with E-state index in [1.54, 1.807) is 6.26 Å². The fourth-order valence-corrected chi connectivity index (χ4v) is 4.66. The van der Waals surface area contributed by atoms with Gasteiger partial charge in [-0.3, -0.25) is 4.99 Å². The normalized spacial score (nSPS) is 30.0. The molecule has 2 heterocycles. The number of ether oxygens (including phenoxy) is 1. The summed E-state index contributed by atoms with van der Waals surface area (Å²) in [5.74, 6) is 2.61. The van der Waals surface area contributed by atoms with E-state index in [-0.39, 0.29) is 24.0 Å². The first-order valence-electron chi connectivity index (χ1n) is 9.02. The second-order valence-electron chi connectivity index (χ2n) is 7.04. The van der Waals surface area contributed by atoms with E-state index in [2.05, 4.69) is 17.6 Å². The average Bonchev–Trinajstić information content (AvgIpc) is 3.13. The van der Waals surface area contributed by atoms with Crippen LogP contribution in [0.15, 0.2) is 27.8 Å². The minimum Gasteiger partial charge on any atom is -0.469 e. The van der Waals surface area contributed by atoms with Gasteiger partial charge >= 0.3 is 0 Å². The summed E-state index contributed by atoms with van der Waals surface area (Å²) in [6.07, 6.45) is 8.20. The summed E-state index contributed by atoms with van der Waals surface area (Å²) < 4.78 is 11.4. The predicted octanol–water partition coefficient (Wildman–Crippen LogP) is 2.95. The van der Waals surface area contributed by atoms with Crippen LogP contribution in [0.1, 0.15) is 38.4 Å². The van der Waals surface area contributed by atoms with Crippen molar-refractivity contribution in [3.8, 4) is 0 Å². The Bertz CT molecular complexity index is 557. The van der Waals surface area contributed by atoms with Crippen LogP contribution in [0.3, 0.4) is 0 Å². The molecule has 24 heavy (non-hydrogen) atoms. The van der Waals surface area contributed by atoms with Crippen LogP contribution in [-0.4, -0.2) is 37.8 Å².